The first-order valence-electron chi connectivity index (χ1n) is 4.42. The van der Waals surface area contributed by atoms with Crippen molar-refractivity contribution < 1.29 is 9.18 Å². The molecule has 0 bridgehead atoms. The van der Waals surface area contributed by atoms with Crippen molar-refractivity contribution >= 4 is 23.6 Å². The predicted octanol–water partition coefficient (Wildman–Crippen LogP) is 2.68. The average Bonchev–Trinajstić information content (AvgIpc) is 2.18. The van der Waals surface area contributed by atoms with Crippen LogP contribution in [0.5, 0.6) is 0 Å². The van der Waals surface area contributed by atoms with Gasteiger partial charge in [0, 0.05) is 12.0 Å². The topological polar surface area (TPSA) is 43.1 Å². The minimum atomic E-state index is -0.416. The molecular formula is C11H11ClFNO. The summed E-state index contributed by atoms with van der Waals surface area (Å²) in [4.78, 5) is 10.5. The molecular weight excluding hydrogens is 217 g/mol. The summed E-state index contributed by atoms with van der Waals surface area (Å²) in [5.74, 6) is -0.756. The Morgan fingerprint density at radius 3 is 2.87 bits per heavy atom. The molecule has 2 nitrogen and oxygen atoms in total. The molecule has 0 atom stereocenters. The van der Waals surface area contributed by atoms with E-state index < -0.39 is 5.91 Å². The molecule has 1 aromatic carbocycles. The van der Waals surface area contributed by atoms with Crippen molar-refractivity contribution in [2.45, 2.75) is 13.3 Å². The lowest BCUT2D eigenvalue weighted by molar-refractivity contribution is -0.117. The molecule has 0 radical (unpaired) electrons. The van der Waals surface area contributed by atoms with Gasteiger partial charge >= 0.3 is 0 Å². The SMILES string of the molecule is Cc1c(F)ccc(C=CCC(N)=O)c1Cl. The molecule has 0 aliphatic rings. The summed E-state index contributed by atoms with van der Waals surface area (Å²) in [7, 11) is 0. The molecule has 0 aliphatic carbocycles. The summed E-state index contributed by atoms with van der Waals surface area (Å²) < 4.78 is 13.0. The van der Waals surface area contributed by atoms with E-state index in [2.05, 4.69) is 0 Å². The van der Waals surface area contributed by atoms with E-state index >= 15 is 0 Å². The summed E-state index contributed by atoms with van der Waals surface area (Å²) in [6.07, 6.45) is 3.40. The van der Waals surface area contributed by atoms with Gasteiger partial charge in [0.2, 0.25) is 5.91 Å². The van der Waals surface area contributed by atoms with Gasteiger partial charge in [0.1, 0.15) is 5.82 Å². The van der Waals surface area contributed by atoms with Crippen LogP contribution in [0, 0.1) is 12.7 Å². The number of hydrogen-bond donors (Lipinski definition) is 1. The monoisotopic (exact) mass is 227 g/mol. The molecule has 15 heavy (non-hydrogen) atoms. The van der Waals surface area contributed by atoms with E-state index in [9.17, 15) is 9.18 Å². The second-order valence-electron chi connectivity index (χ2n) is 3.15. The highest BCUT2D eigenvalue weighted by molar-refractivity contribution is 6.32. The Labute approximate surface area is 92.5 Å². The first kappa shape index (κ1) is 11.7. The van der Waals surface area contributed by atoms with Gasteiger partial charge in [-0.15, -0.1) is 0 Å². The Bertz CT molecular complexity index is 415. The van der Waals surface area contributed by atoms with Gasteiger partial charge < -0.3 is 5.73 Å². The molecule has 0 heterocycles. The summed E-state index contributed by atoms with van der Waals surface area (Å²) in [6.45, 7) is 1.60. The fourth-order valence-corrected chi connectivity index (χ4v) is 1.33. The van der Waals surface area contributed by atoms with Gasteiger partial charge in [-0.1, -0.05) is 29.8 Å². The van der Waals surface area contributed by atoms with Crippen LogP contribution in [0.1, 0.15) is 17.5 Å². The van der Waals surface area contributed by atoms with E-state index in [1.165, 1.54) is 6.07 Å². The zero-order valence-electron chi connectivity index (χ0n) is 8.26. The molecule has 0 spiro atoms. The molecule has 80 valence electrons. The second-order valence-corrected chi connectivity index (χ2v) is 3.53. The number of carbonyl (C=O) groups is 1. The van der Waals surface area contributed by atoms with Crippen LogP contribution in [-0.4, -0.2) is 5.91 Å². The molecule has 0 saturated heterocycles. The summed E-state index contributed by atoms with van der Waals surface area (Å²) in [5, 5.41) is 0.357. The third kappa shape index (κ3) is 3.06. The fourth-order valence-electron chi connectivity index (χ4n) is 1.11. The van der Waals surface area contributed by atoms with Gasteiger partial charge in [0.05, 0.1) is 5.02 Å². The summed E-state index contributed by atoms with van der Waals surface area (Å²) in [6, 6.07) is 2.90. The van der Waals surface area contributed by atoms with E-state index in [0.29, 0.717) is 16.1 Å². The summed E-state index contributed by atoms with van der Waals surface area (Å²) >= 11 is 5.91. The number of benzene rings is 1. The highest BCUT2D eigenvalue weighted by atomic mass is 35.5. The lowest BCUT2D eigenvalue weighted by atomic mass is 10.1. The van der Waals surface area contributed by atoms with Crippen LogP contribution in [0.25, 0.3) is 6.08 Å². The number of amides is 1. The number of rotatable bonds is 3. The maximum atomic E-state index is 13.0. The van der Waals surface area contributed by atoms with Crippen molar-refractivity contribution in [2.24, 2.45) is 5.73 Å². The van der Waals surface area contributed by atoms with Gasteiger partial charge in [-0.25, -0.2) is 4.39 Å². The van der Waals surface area contributed by atoms with Gasteiger partial charge in [-0.05, 0) is 18.6 Å². The van der Waals surface area contributed by atoms with E-state index in [-0.39, 0.29) is 12.2 Å². The van der Waals surface area contributed by atoms with Crippen molar-refractivity contribution in [3.8, 4) is 0 Å². The Kier molecular flexibility index (Phi) is 3.86. The van der Waals surface area contributed by atoms with Gasteiger partial charge in [-0.2, -0.15) is 0 Å². The Morgan fingerprint density at radius 2 is 2.27 bits per heavy atom. The van der Waals surface area contributed by atoms with Crippen molar-refractivity contribution in [1.29, 1.82) is 0 Å². The lowest BCUT2D eigenvalue weighted by Crippen LogP contribution is -2.07. The van der Waals surface area contributed by atoms with Crippen LogP contribution < -0.4 is 5.73 Å². The van der Waals surface area contributed by atoms with Crippen LogP contribution in [0.2, 0.25) is 5.02 Å². The third-order valence-electron chi connectivity index (χ3n) is 1.97. The first-order valence-corrected chi connectivity index (χ1v) is 4.79. The minimum absolute atomic E-state index is 0.146. The molecule has 4 heteroatoms. The zero-order chi connectivity index (χ0) is 11.4. The Balaban J connectivity index is 2.92. The molecule has 2 N–H and O–H groups in total. The molecule has 0 saturated carbocycles. The van der Waals surface area contributed by atoms with Crippen LogP contribution in [-0.2, 0) is 4.79 Å². The van der Waals surface area contributed by atoms with Crippen LogP contribution >= 0.6 is 11.6 Å². The largest absolute Gasteiger partial charge is 0.369 e. The van der Waals surface area contributed by atoms with Gasteiger partial charge in [-0.3, -0.25) is 4.79 Å². The molecule has 0 unspecified atom stereocenters. The van der Waals surface area contributed by atoms with Crippen molar-refractivity contribution in [3.63, 3.8) is 0 Å². The van der Waals surface area contributed by atoms with Crippen molar-refractivity contribution in [2.75, 3.05) is 0 Å². The van der Waals surface area contributed by atoms with Crippen molar-refractivity contribution in [3.05, 3.63) is 40.2 Å². The maximum absolute atomic E-state index is 13.0. The summed E-state index contributed by atoms with van der Waals surface area (Å²) in [5.41, 5.74) is 6.04. The van der Waals surface area contributed by atoms with E-state index in [1.54, 1.807) is 25.1 Å². The van der Waals surface area contributed by atoms with Gasteiger partial charge in [0.15, 0.2) is 0 Å². The molecule has 1 aromatic rings. The van der Waals surface area contributed by atoms with E-state index in [1.807, 2.05) is 0 Å². The van der Waals surface area contributed by atoms with Crippen LogP contribution in [0.15, 0.2) is 18.2 Å². The Hall–Kier alpha value is -1.35. The first-order chi connectivity index (χ1) is 7.02. The second kappa shape index (κ2) is 4.94. The normalized spacial score (nSPS) is 10.9. The van der Waals surface area contributed by atoms with Crippen LogP contribution in [0.3, 0.4) is 0 Å². The fraction of sp³-hybridized carbons (Fsp3) is 0.182. The quantitative estimate of drug-likeness (QED) is 0.848. The van der Waals surface area contributed by atoms with E-state index in [0.717, 1.165) is 0 Å². The third-order valence-corrected chi connectivity index (χ3v) is 2.47. The Morgan fingerprint density at radius 1 is 1.60 bits per heavy atom. The standard InChI is InChI=1S/C11H11ClFNO/c1-7-9(13)6-5-8(11(7)12)3-2-4-10(14)15/h2-3,5-6H,4H2,1H3,(H2,14,15). The van der Waals surface area contributed by atoms with E-state index in [4.69, 9.17) is 17.3 Å². The maximum Gasteiger partial charge on any atom is 0.221 e. The number of carbonyl (C=O) groups excluding carboxylic acids is 1. The smallest absolute Gasteiger partial charge is 0.221 e. The lowest BCUT2D eigenvalue weighted by Gasteiger charge is -2.03. The average molecular weight is 228 g/mol. The van der Waals surface area contributed by atoms with Gasteiger partial charge in [0.25, 0.3) is 0 Å². The molecule has 0 aliphatic heterocycles. The number of hydrogen-bond acceptors (Lipinski definition) is 1. The molecule has 0 fully saturated rings. The number of primary amides is 1. The zero-order valence-corrected chi connectivity index (χ0v) is 9.01. The molecule has 1 amide bonds. The minimum Gasteiger partial charge on any atom is -0.369 e. The molecule has 0 aromatic heterocycles. The van der Waals surface area contributed by atoms with Crippen LogP contribution in [0.4, 0.5) is 4.39 Å². The highest BCUT2D eigenvalue weighted by Gasteiger charge is 2.05. The predicted molar refractivity (Wildman–Crippen MR) is 59.0 cm³/mol. The van der Waals surface area contributed by atoms with Crippen molar-refractivity contribution in [1.82, 2.24) is 0 Å². The highest BCUT2D eigenvalue weighted by Crippen LogP contribution is 2.24. The number of nitrogens with two attached hydrogens (primary N) is 1. The molecule has 1 rings (SSSR count). The number of halogens is 2.